The zero-order valence-corrected chi connectivity index (χ0v) is 15.0. The molecular weight excluding hydrogens is 277 g/mol. The predicted molar refractivity (Wildman–Crippen MR) is 105 cm³/mol. The Hall–Kier alpha value is -1.79. The second-order valence-corrected chi connectivity index (χ2v) is 5.85. The van der Waals surface area contributed by atoms with Crippen LogP contribution in [0.3, 0.4) is 0 Å². The zero-order valence-electron chi connectivity index (χ0n) is 15.0. The Kier molecular flexibility index (Phi) is 6.67. The van der Waals surface area contributed by atoms with E-state index in [2.05, 4.69) is 86.0 Å². The number of nitrogens with zero attached hydrogens (tertiary/aromatic N) is 2. The van der Waals surface area contributed by atoms with Crippen molar-refractivity contribution in [3.8, 4) is 0 Å². The third-order valence-electron chi connectivity index (χ3n) is 4.54. The summed E-state index contributed by atoms with van der Waals surface area (Å²) in [4.78, 5) is 4.76. The van der Waals surface area contributed by atoms with Crippen LogP contribution in [0.4, 0.5) is 11.4 Å². The summed E-state index contributed by atoms with van der Waals surface area (Å²) in [6.07, 6.45) is 0. The van der Waals surface area contributed by atoms with Gasteiger partial charge >= 0.3 is 143 Å². The summed E-state index contributed by atoms with van der Waals surface area (Å²) < 4.78 is 0. The standard InChI is InChI=1S/2C10H14N.Be/c2*1-3-11(4-2)10-8-6-5-7-9-10;/h2*6-9H,3-4H2,1-2H3;. The van der Waals surface area contributed by atoms with E-state index in [1.807, 2.05) is 0 Å². The predicted octanol–water partition coefficient (Wildman–Crippen LogP) is 3.03. The Morgan fingerprint density at radius 2 is 0.870 bits per heavy atom. The first-order chi connectivity index (χ1) is 11.2. The van der Waals surface area contributed by atoms with Gasteiger partial charge in [0.2, 0.25) is 0 Å². The number of benzene rings is 2. The van der Waals surface area contributed by atoms with Crippen LogP contribution < -0.4 is 20.4 Å². The fourth-order valence-corrected chi connectivity index (χ4v) is 3.06. The number of anilines is 2. The third kappa shape index (κ3) is 4.59. The van der Waals surface area contributed by atoms with E-state index < -0.39 is 0 Å². The second-order valence-electron chi connectivity index (χ2n) is 5.85. The van der Waals surface area contributed by atoms with Crippen LogP contribution >= 0.6 is 0 Å². The van der Waals surface area contributed by atoms with E-state index in [0.717, 1.165) is 35.0 Å². The molecule has 0 N–H and O–H groups in total. The molecule has 0 aliphatic carbocycles. The van der Waals surface area contributed by atoms with Crippen LogP contribution in [0.15, 0.2) is 48.5 Å². The molecule has 0 fully saturated rings. The molecule has 0 aromatic heterocycles. The molecule has 2 aromatic carbocycles. The van der Waals surface area contributed by atoms with Gasteiger partial charge in [0.25, 0.3) is 0 Å². The Bertz CT molecular complexity index is 516. The summed E-state index contributed by atoms with van der Waals surface area (Å²) in [7, 11) is 0.997. The van der Waals surface area contributed by atoms with Crippen LogP contribution in [0.2, 0.25) is 0 Å². The third-order valence-corrected chi connectivity index (χ3v) is 4.54. The Balaban J connectivity index is 2.04. The van der Waals surface area contributed by atoms with Crippen LogP contribution in [0.25, 0.3) is 0 Å². The number of hydrogen-bond donors (Lipinski definition) is 0. The van der Waals surface area contributed by atoms with Gasteiger partial charge in [-0.2, -0.15) is 0 Å². The minimum absolute atomic E-state index is 0.997. The van der Waals surface area contributed by atoms with E-state index >= 15 is 0 Å². The Morgan fingerprint density at radius 3 is 1.13 bits per heavy atom. The molecule has 0 radical (unpaired) electrons. The van der Waals surface area contributed by atoms with E-state index in [1.165, 1.54) is 21.9 Å². The summed E-state index contributed by atoms with van der Waals surface area (Å²) >= 11 is 0. The van der Waals surface area contributed by atoms with Crippen LogP contribution in [0.5, 0.6) is 0 Å². The van der Waals surface area contributed by atoms with E-state index in [1.54, 1.807) is 0 Å². The van der Waals surface area contributed by atoms with Gasteiger partial charge in [-0.1, -0.05) is 0 Å². The molecule has 3 heteroatoms. The summed E-state index contributed by atoms with van der Waals surface area (Å²) in [5, 5.41) is 2.74. The second kappa shape index (κ2) is 8.74. The van der Waals surface area contributed by atoms with Crippen molar-refractivity contribution in [1.82, 2.24) is 0 Å². The molecule has 0 saturated carbocycles. The normalized spacial score (nSPS) is 10.3. The summed E-state index contributed by atoms with van der Waals surface area (Å²) in [6, 6.07) is 18.0. The van der Waals surface area contributed by atoms with E-state index in [9.17, 15) is 0 Å². The van der Waals surface area contributed by atoms with Gasteiger partial charge in [-0.3, -0.25) is 0 Å². The molecule has 0 saturated heterocycles. The van der Waals surface area contributed by atoms with Crippen molar-refractivity contribution in [2.24, 2.45) is 0 Å². The van der Waals surface area contributed by atoms with Crippen molar-refractivity contribution < 1.29 is 0 Å². The van der Waals surface area contributed by atoms with Crippen LogP contribution in [0.1, 0.15) is 27.7 Å². The Morgan fingerprint density at radius 1 is 0.565 bits per heavy atom. The minimum atomic E-state index is 0.997. The van der Waals surface area contributed by atoms with Gasteiger partial charge in [-0.15, -0.1) is 0 Å². The molecule has 0 amide bonds. The molecule has 0 spiro atoms. The molecule has 0 unspecified atom stereocenters. The van der Waals surface area contributed by atoms with Crippen molar-refractivity contribution in [1.29, 1.82) is 0 Å². The topological polar surface area (TPSA) is 6.48 Å². The SMILES string of the molecule is CCN(CC)c1cc[c]([Be][c]2ccc(N(CC)CC)cc2)cc1. The van der Waals surface area contributed by atoms with Gasteiger partial charge < -0.3 is 0 Å². The zero-order chi connectivity index (χ0) is 16.7. The van der Waals surface area contributed by atoms with Crippen LogP contribution in [0, 0.1) is 0 Å². The molecule has 0 bridgehead atoms. The van der Waals surface area contributed by atoms with Crippen molar-refractivity contribution >= 4 is 30.7 Å². The summed E-state index contributed by atoms with van der Waals surface area (Å²) in [5.74, 6) is 0. The fraction of sp³-hybridized carbons (Fsp3) is 0.400. The number of hydrogen-bond acceptors (Lipinski definition) is 2. The molecule has 2 rings (SSSR count). The average molecular weight is 305 g/mol. The van der Waals surface area contributed by atoms with Crippen molar-refractivity contribution in [2.75, 3.05) is 36.0 Å². The molecule has 2 nitrogen and oxygen atoms in total. The van der Waals surface area contributed by atoms with E-state index in [0.29, 0.717) is 0 Å². The van der Waals surface area contributed by atoms with Crippen LogP contribution in [-0.4, -0.2) is 35.0 Å². The Labute approximate surface area is 143 Å². The van der Waals surface area contributed by atoms with Gasteiger partial charge in [0.1, 0.15) is 0 Å². The quantitative estimate of drug-likeness (QED) is 0.692. The molecular formula is C20H28BeN2. The average Bonchev–Trinajstić information content (AvgIpc) is 2.60. The van der Waals surface area contributed by atoms with Crippen molar-refractivity contribution in [3.63, 3.8) is 0 Å². The molecule has 0 aliphatic heterocycles. The molecule has 0 heterocycles. The summed E-state index contributed by atoms with van der Waals surface area (Å²) in [5.41, 5.74) is 2.63. The number of rotatable bonds is 8. The molecule has 120 valence electrons. The van der Waals surface area contributed by atoms with Gasteiger partial charge in [0.15, 0.2) is 0 Å². The fourth-order valence-electron chi connectivity index (χ4n) is 3.06. The monoisotopic (exact) mass is 305 g/mol. The summed E-state index contributed by atoms with van der Waals surface area (Å²) in [6.45, 7) is 13.0. The maximum atomic E-state index is 2.38. The van der Waals surface area contributed by atoms with Gasteiger partial charge in [0.05, 0.1) is 0 Å². The molecule has 23 heavy (non-hydrogen) atoms. The van der Waals surface area contributed by atoms with E-state index in [-0.39, 0.29) is 0 Å². The van der Waals surface area contributed by atoms with Gasteiger partial charge in [-0.25, -0.2) is 0 Å². The van der Waals surface area contributed by atoms with Gasteiger partial charge in [0, 0.05) is 0 Å². The molecule has 0 aliphatic rings. The molecule has 0 atom stereocenters. The molecule has 2 aromatic rings. The van der Waals surface area contributed by atoms with E-state index in [4.69, 9.17) is 0 Å². The van der Waals surface area contributed by atoms with Crippen molar-refractivity contribution in [2.45, 2.75) is 27.7 Å². The van der Waals surface area contributed by atoms with Gasteiger partial charge in [-0.05, 0) is 0 Å². The van der Waals surface area contributed by atoms with Crippen molar-refractivity contribution in [3.05, 3.63) is 48.5 Å². The maximum absolute atomic E-state index is 2.38. The first kappa shape index (κ1) is 17.6. The first-order valence-electron chi connectivity index (χ1n) is 8.89. The van der Waals surface area contributed by atoms with Crippen LogP contribution in [-0.2, 0) is 0 Å². The first-order valence-corrected chi connectivity index (χ1v) is 8.89.